The molecule has 0 aliphatic carbocycles. The fraction of sp³-hybridized carbons (Fsp3) is 0.500. The molecule has 1 fully saturated rings. The molecule has 1 heterocycles. The molecule has 2 rings (SSSR count). The molecule has 15 heavy (non-hydrogen) atoms. The SMILES string of the molecule is Cc1ccc(CN2CCNCC2)c(F)c1. The molecule has 1 aliphatic heterocycles. The van der Waals surface area contributed by atoms with E-state index in [2.05, 4.69) is 10.2 Å². The van der Waals surface area contributed by atoms with Crippen LogP contribution in [-0.4, -0.2) is 31.1 Å². The van der Waals surface area contributed by atoms with Gasteiger partial charge in [-0.1, -0.05) is 12.1 Å². The number of nitrogens with one attached hydrogen (secondary N) is 1. The summed E-state index contributed by atoms with van der Waals surface area (Å²) in [4.78, 5) is 2.28. The average Bonchev–Trinajstić information content (AvgIpc) is 2.24. The Balaban J connectivity index is 2.03. The molecule has 1 N–H and O–H groups in total. The van der Waals surface area contributed by atoms with Crippen LogP contribution in [0.1, 0.15) is 11.1 Å². The highest BCUT2D eigenvalue weighted by Crippen LogP contribution is 2.12. The Morgan fingerprint density at radius 2 is 2.07 bits per heavy atom. The molecular weight excluding hydrogens is 191 g/mol. The number of rotatable bonds is 2. The van der Waals surface area contributed by atoms with E-state index in [1.165, 1.54) is 0 Å². The lowest BCUT2D eigenvalue weighted by molar-refractivity contribution is 0.230. The molecule has 2 nitrogen and oxygen atoms in total. The van der Waals surface area contributed by atoms with Crippen LogP contribution >= 0.6 is 0 Å². The van der Waals surface area contributed by atoms with E-state index in [-0.39, 0.29) is 5.82 Å². The summed E-state index contributed by atoms with van der Waals surface area (Å²) in [7, 11) is 0. The minimum absolute atomic E-state index is 0.0754. The van der Waals surface area contributed by atoms with Crippen LogP contribution in [0.2, 0.25) is 0 Å². The van der Waals surface area contributed by atoms with Crippen molar-refractivity contribution in [1.82, 2.24) is 10.2 Å². The highest BCUT2D eigenvalue weighted by Gasteiger charge is 2.11. The van der Waals surface area contributed by atoms with Crippen molar-refractivity contribution >= 4 is 0 Å². The first-order valence-electron chi connectivity index (χ1n) is 5.44. The normalized spacial score (nSPS) is 18.0. The second-order valence-corrected chi connectivity index (χ2v) is 4.12. The Kier molecular flexibility index (Phi) is 3.34. The molecular formula is C12H17FN2. The van der Waals surface area contributed by atoms with E-state index in [0.717, 1.165) is 43.9 Å². The molecule has 0 aromatic heterocycles. The Labute approximate surface area is 90.1 Å². The van der Waals surface area contributed by atoms with E-state index in [4.69, 9.17) is 0 Å². The van der Waals surface area contributed by atoms with Gasteiger partial charge in [-0.2, -0.15) is 0 Å². The van der Waals surface area contributed by atoms with Gasteiger partial charge in [0.1, 0.15) is 5.82 Å². The van der Waals surface area contributed by atoms with Crippen molar-refractivity contribution in [2.24, 2.45) is 0 Å². The number of aryl methyl sites for hydroxylation is 1. The summed E-state index contributed by atoms with van der Waals surface area (Å²) in [5, 5.41) is 3.29. The average molecular weight is 208 g/mol. The first-order valence-corrected chi connectivity index (χ1v) is 5.44. The smallest absolute Gasteiger partial charge is 0.127 e. The summed E-state index contributed by atoms with van der Waals surface area (Å²) < 4.78 is 13.6. The van der Waals surface area contributed by atoms with Gasteiger partial charge in [-0.3, -0.25) is 4.90 Å². The van der Waals surface area contributed by atoms with Gasteiger partial charge < -0.3 is 5.32 Å². The van der Waals surface area contributed by atoms with Gasteiger partial charge in [-0.05, 0) is 18.6 Å². The number of hydrogen-bond acceptors (Lipinski definition) is 2. The van der Waals surface area contributed by atoms with Crippen LogP contribution in [0.15, 0.2) is 18.2 Å². The highest BCUT2D eigenvalue weighted by atomic mass is 19.1. The van der Waals surface area contributed by atoms with E-state index >= 15 is 0 Å². The van der Waals surface area contributed by atoms with Gasteiger partial charge >= 0.3 is 0 Å². The van der Waals surface area contributed by atoms with Gasteiger partial charge in [0.2, 0.25) is 0 Å². The lowest BCUT2D eigenvalue weighted by Crippen LogP contribution is -2.43. The third-order valence-electron chi connectivity index (χ3n) is 2.81. The second kappa shape index (κ2) is 4.73. The molecule has 1 aliphatic rings. The Hall–Kier alpha value is -0.930. The molecule has 0 unspecified atom stereocenters. The summed E-state index contributed by atoms with van der Waals surface area (Å²) in [6.07, 6.45) is 0. The van der Waals surface area contributed by atoms with Crippen LogP contribution in [0.25, 0.3) is 0 Å². The van der Waals surface area contributed by atoms with Crippen LogP contribution in [-0.2, 0) is 6.54 Å². The van der Waals surface area contributed by atoms with Crippen LogP contribution in [0.5, 0.6) is 0 Å². The Morgan fingerprint density at radius 1 is 1.33 bits per heavy atom. The van der Waals surface area contributed by atoms with Crippen LogP contribution in [0, 0.1) is 12.7 Å². The standard InChI is InChI=1S/C12H17FN2/c1-10-2-3-11(12(13)8-10)9-15-6-4-14-5-7-15/h2-3,8,14H,4-7,9H2,1H3. The van der Waals surface area contributed by atoms with Gasteiger partial charge in [0.15, 0.2) is 0 Å². The molecule has 0 radical (unpaired) electrons. The third-order valence-corrected chi connectivity index (χ3v) is 2.81. The largest absolute Gasteiger partial charge is 0.314 e. The van der Waals surface area contributed by atoms with Gasteiger partial charge in [0, 0.05) is 38.3 Å². The summed E-state index contributed by atoms with van der Waals surface area (Å²) >= 11 is 0. The molecule has 3 heteroatoms. The number of piperazine rings is 1. The molecule has 1 aromatic rings. The van der Waals surface area contributed by atoms with Gasteiger partial charge in [0.05, 0.1) is 0 Å². The number of halogens is 1. The van der Waals surface area contributed by atoms with Crippen LogP contribution in [0.3, 0.4) is 0 Å². The first-order chi connectivity index (χ1) is 7.25. The molecule has 0 atom stereocenters. The number of nitrogens with zero attached hydrogens (tertiary/aromatic N) is 1. The quantitative estimate of drug-likeness (QED) is 0.793. The van der Waals surface area contributed by atoms with Crippen molar-refractivity contribution < 1.29 is 4.39 Å². The Morgan fingerprint density at radius 3 is 2.73 bits per heavy atom. The fourth-order valence-electron chi connectivity index (χ4n) is 1.89. The maximum Gasteiger partial charge on any atom is 0.127 e. The third kappa shape index (κ3) is 2.76. The minimum atomic E-state index is -0.0754. The highest BCUT2D eigenvalue weighted by molar-refractivity contribution is 5.23. The zero-order chi connectivity index (χ0) is 10.7. The lowest BCUT2D eigenvalue weighted by Gasteiger charge is -2.27. The van der Waals surface area contributed by atoms with Crippen molar-refractivity contribution in [3.05, 3.63) is 35.1 Å². The summed E-state index contributed by atoms with van der Waals surface area (Å²) in [6.45, 7) is 6.67. The number of hydrogen-bond donors (Lipinski definition) is 1. The first kappa shape index (κ1) is 10.6. The van der Waals surface area contributed by atoms with Crippen molar-refractivity contribution in [2.45, 2.75) is 13.5 Å². The molecule has 1 saturated heterocycles. The molecule has 82 valence electrons. The van der Waals surface area contributed by atoms with E-state index < -0.39 is 0 Å². The molecule has 1 aromatic carbocycles. The van der Waals surface area contributed by atoms with Crippen LogP contribution < -0.4 is 5.32 Å². The minimum Gasteiger partial charge on any atom is -0.314 e. The fourth-order valence-corrected chi connectivity index (χ4v) is 1.89. The molecule has 0 spiro atoms. The lowest BCUT2D eigenvalue weighted by atomic mass is 10.1. The van der Waals surface area contributed by atoms with E-state index in [9.17, 15) is 4.39 Å². The Bertz CT molecular complexity index is 332. The van der Waals surface area contributed by atoms with Crippen molar-refractivity contribution in [2.75, 3.05) is 26.2 Å². The summed E-state index contributed by atoms with van der Waals surface area (Å²) in [5.41, 5.74) is 1.79. The van der Waals surface area contributed by atoms with E-state index in [0.29, 0.717) is 0 Å². The summed E-state index contributed by atoms with van der Waals surface area (Å²) in [6, 6.07) is 5.48. The van der Waals surface area contributed by atoms with E-state index in [1.54, 1.807) is 6.07 Å². The van der Waals surface area contributed by atoms with Gasteiger partial charge in [0.25, 0.3) is 0 Å². The topological polar surface area (TPSA) is 15.3 Å². The molecule has 0 bridgehead atoms. The van der Waals surface area contributed by atoms with Crippen LogP contribution in [0.4, 0.5) is 4.39 Å². The summed E-state index contributed by atoms with van der Waals surface area (Å²) in [5.74, 6) is -0.0754. The number of benzene rings is 1. The van der Waals surface area contributed by atoms with Crippen molar-refractivity contribution in [1.29, 1.82) is 0 Å². The monoisotopic (exact) mass is 208 g/mol. The van der Waals surface area contributed by atoms with Gasteiger partial charge in [-0.25, -0.2) is 4.39 Å². The van der Waals surface area contributed by atoms with Crippen molar-refractivity contribution in [3.8, 4) is 0 Å². The van der Waals surface area contributed by atoms with Crippen molar-refractivity contribution in [3.63, 3.8) is 0 Å². The van der Waals surface area contributed by atoms with E-state index in [1.807, 2.05) is 19.1 Å². The maximum atomic E-state index is 13.6. The zero-order valence-electron chi connectivity index (χ0n) is 9.09. The molecule has 0 amide bonds. The molecule has 0 saturated carbocycles. The zero-order valence-corrected chi connectivity index (χ0v) is 9.09. The van der Waals surface area contributed by atoms with Gasteiger partial charge in [-0.15, -0.1) is 0 Å². The predicted octanol–water partition coefficient (Wildman–Crippen LogP) is 1.54. The second-order valence-electron chi connectivity index (χ2n) is 4.12. The maximum absolute atomic E-state index is 13.6. The predicted molar refractivity (Wildman–Crippen MR) is 59.3 cm³/mol.